The molecule has 0 saturated heterocycles. The second kappa shape index (κ2) is 5.37. The number of fused-ring (bicyclic) bond motifs is 1. The number of amides is 1. The molecule has 2 aromatic heterocycles. The van der Waals surface area contributed by atoms with Crippen molar-refractivity contribution in [2.45, 2.75) is 51.0 Å². The van der Waals surface area contributed by atoms with E-state index in [1.54, 1.807) is 4.68 Å². The van der Waals surface area contributed by atoms with Gasteiger partial charge in [-0.15, -0.1) is 0 Å². The number of hydrogen-bond donors (Lipinski definition) is 1. The van der Waals surface area contributed by atoms with E-state index in [0.717, 1.165) is 35.5 Å². The maximum atomic E-state index is 12.3. The monoisotopic (exact) mass is 333 g/mol. The van der Waals surface area contributed by atoms with Gasteiger partial charge in [-0.1, -0.05) is 24.4 Å². The third kappa shape index (κ3) is 2.27. The van der Waals surface area contributed by atoms with Gasteiger partial charge in [-0.05, 0) is 19.8 Å². The Bertz CT molecular complexity index is 772. The van der Waals surface area contributed by atoms with Gasteiger partial charge in [0.2, 0.25) is 5.91 Å². The van der Waals surface area contributed by atoms with E-state index in [1.165, 1.54) is 12.8 Å². The first-order valence-electron chi connectivity index (χ1n) is 8.12. The summed E-state index contributed by atoms with van der Waals surface area (Å²) >= 11 is 6.44. The highest BCUT2D eigenvalue weighted by Crippen LogP contribution is 2.43. The topological polar surface area (TPSA) is 64.7 Å². The Hall–Kier alpha value is -1.82. The first-order valence-corrected chi connectivity index (χ1v) is 8.50. The van der Waals surface area contributed by atoms with Crippen LogP contribution >= 0.6 is 11.6 Å². The molecule has 1 unspecified atom stereocenters. The standard InChI is InChI=1S/C16H20ClN5O/c1-9-14(15(17)21(2)20-9)11-7-13(23)19-16-12(11)8-18-22(16)10-5-3-4-6-10/h8,10-11H,3-7H2,1-2H3,(H,19,23). The number of carbonyl (C=O) groups is 1. The van der Waals surface area contributed by atoms with Crippen molar-refractivity contribution in [1.82, 2.24) is 19.6 Å². The molecule has 2 aliphatic rings. The van der Waals surface area contributed by atoms with E-state index in [1.807, 2.05) is 24.9 Å². The van der Waals surface area contributed by atoms with E-state index in [0.29, 0.717) is 17.6 Å². The highest BCUT2D eigenvalue weighted by molar-refractivity contribution is 6.30. The summed E-state index contributed by atoms with van der Waals surface area (Å²) in [7, 11) is 1.82. The second-order valence-corrected chi connectivity index (χ2v) is 6.91. The SMILES string of the molecule is Cc1nn(C)c(Cl)c1C1CC(=O)Nc2c1cnn2C1CCCC1. The van der Waals surface area contributed by atoms with Crippen molar-refractivity contribution < 1.29 is 4.79 Å². The fourth-order valence-electron chi connectivity index (χ4n) is 3.96. The Morgan fingerprint density at radius 1 is 1.35 bits per heavy atom. The van der Waals surface area contributed by atoms with Crippen molar-refractivity contribution in [2.24, 2.45) is 7.05 Å². The highest BCUT2D eigenvalue weighted by Gasteiger charge is 2.35. The maximum absolute atomic E-state index is 12.3. The highest BCUT2D eigenvalue weighted by atomic mass is 35.5. The van der Waals surface area contributed by atoms with Gasteiger partial charge in [-0.2, -0.15) is 10.2 Å². The first kappa shape index (κ1) is 14.8. The molecular formula is C16H20ClN5O. The van der Waals surface area contributed by atoms with Crippen LogP contribution in [0.15, 0.2) is 6.20 Å². The number of anilines is 1. The first-order chi connectivity index (χ1) is 11.1. The number of halogens is 1. The fraction of sp³-hybridized carbons (Fsp3) is 0.562. The summed E-state index contributed by atoms with van der Waals surface area (Å²) in [6, 6.07) is 0.392. The minimum Gasteiger partial charge on any atom is -0.311 e. The minimum absolute atomic E-state index is 0.0153. The Kier molecular flexibility index (Phi) is 3.44. The molecule has 122 valence electrons. The predicted octanol–water partition coefficient (Wildman–Crippen LogP) is 3.17. The molecule has 1 aliphatic heterocycles. The van der Waals surface area contributed by atoms with E-state index in [4.69, 9.17) is 11.6 Å². The van der Waals surface area contributed by atoms with Gasteiger partial charge in [0, 0.05) is 30.5 Å². The summed E-state index contributed by atoms with van der Waals surface area (Å²) in [6.45, 7) is 1.94. The van der Waals surface area contributed by atoms with Crippen LogP contribution in [0.2, 0.25) is 5.15 Å². The molecule has 1 amide bonds. The molecular weight excluding hydrogens is 314 g/mol. The van der Waals surface area contributed by atoms with Crippen molar-refractivity contribution in [1.29, 1.82) is 0 Å². The molecule has 1 atom stereocenters. The van der Waals surface area contributed by atoms with Gasteiger partial charge in [-0.25, -0.2) is 4.68 Å². The molecule has 4 rings (SSSR count). The smallest absolute Gasteiger partial charge is 0.226 e. The zero-order chi connectivity index (χ0) is 16.1. The van der Waals surface area contributed by atoms with Crippen molar-refractivity contribution in [3.8, 4) is 0 Å². The molecule has 1 saturated carbocycles. The fourth-order valence-corrected chi connectivity index (χ4v) is 4.27. The molecule has 0 bridgehead atoms. The zero-order valence-electron chi connectivity index (χ0n) is 13.3. The number of rotatable bonds is 2. The maximum Gasteiger partial charge on any atom is 0.226 e. The molecule has 23 heavy (non-hydrogen) atoms. The van der Waals surface area contributed by atoms with Gasteiger partial charge in [0.25, 0.3) is 0 Å². The molecule has 3 heterocycles. The summed E-state index contributed by atoms with van der Waals surface area (Å²) in [5.41, 5.74) is 2.86. The summed E-state index contributed by atoms with van der Waals surface area (Å²) in [5, 5.41) is 12.6. The third-order valence-electron chi connectivity index (χ3n) is 5.06. The largest absolute Gasteiger partial charge is 0.311 e. The summed E-state index contributed by atoms with van der Waals surface area (Å²) < 4.78 is 3.67. The number of nitrogens with zero attached hydrogens (tertiary/aromatic N) is 4. The number of nitrogens with one attached hydrogen (secondary N) is 1. The molecule has 0 aromatic carbocycles. The molecule has 0 radical (unpaired) electrons. The van der Waals surface area contributed by atoms with Crippen molar-refractivity contribution in [2.75, 3.05) is 5.32 Å². The molecule has 0 spiro atoms. The number of hydrogen-bond acceptors (Lipinski definition) is 3. The van der Waals surface area contributed by atoms with Crippen molar-refractivity contribution >= 4 is 23.3 Å². The molecule has 1 N–H and O–H groups in total. The van der Waals surface area contributed by atoms with Gasteiger partial charge in [0.1, 0.15) is 11.0 Å². The van der Waals surface area contributed by atoms with Crippen molar-refractivity contribution in [3.63, 3.8) is 0 Å². The lowest BCUT2D eigenvalue weighted by atomic mass is 9.87. The van der Waals surface area contributed by atoms with Crippen LogP contribution < -0.4 is 5.32 Å². The second-order valence-electron chi connectivity index (χ2n) is 6.55. The average Bonchev–Trinajstić information content (AvgIpc) is 3.19. The Balaban J connectivity index is 1.81. The van der Waals surface area contributed by atoms with Crippen LogP contribution in [0.5, 0.6) is 0 Å². The van der Waals surface area contributed by atoms with Crippen LogP contribution in [-0.2, 0) is 11.8 Å². The summed E-state index contributed by atoms with van der Waals surface area (Å²) in [5.74, 6) is 0.786. The number of aromatic nitrogens is 4. The lowest BCUT2D eigenvalue weighted by Crippen LogP contribution is -2.26. The van der Waals surface area contributed by atoms with E-state index >= 15 is 0 Å². The lowest BCUT2D eigenvalue weighted by molar-refractivity contribution is -0.116. The van der Waals surface area contributed by atoms with Gasteiger partial charge in [0.05, 0.1) is 17.9 Å². The van der Waals surface area contributed by atoms with Crippen molar-refractivity contribution in [3.05, 3.63) is 28.2 Å². The zero-order valence-corrected chi connectivity index (χ0v) is 14.1. The Labute approximate surface area is 139 Å². The number of carbonyl (C=O) groups excluding carboxylic acids is 1. The molecule has 7 heteroatoms. The predicted molar refractivity (Wildman–Crippen MR) is 87.8 cm³/mol. The molecule has 1 fully saturated rings. The normalized spacial score (nSPS) is 21.5. The van der Waals surface area contributed by atoms with Gasteiger partial charge in [-0.3, -0.25) is 9.48 Å². The van der Waals surface area contributed by atoms with Gasteiger partial charge in [0.15, 0.2) is 0 Å². The summed E-state index contributed by atoms with van der Waals surface area (Å²) in [6.07, 6.45) is 6.98. The van der Waals surface area contributed by atoms with E-state index in [9.17, 15) is 4.79 Å². The molecule has 2 aromatic rings. The Morgan fingerprint density at radius 2 is 2.09 bits per heavy atom. The van der Waals surface area contributed by atoms with E-state index in [2.05, 4.69) is 15.5 Å². The lowest BCUT2D eigenvalue weighted by Gasteiger charge is -2.25. The van der Waals surface area contributed by atoms with Crippen LogP contribution in [-0.4, -0.2) is 25.5 Å². The van der Waals surface area contributed by atoms with Gasteiger partial charge < -0.3 is 5.32 Å². The van der Waals surface area contributed by atoms with Crippen LogP contribution in [0.4, 0.5) is 5.82 Å². The third-order valence-corrected chi connectivity index (χ3v) is 5.51. The quantitative estimate of drug-likeness (QED) is 0.918. The molecule has 6 nitrogen and oxygen atoms in total. The van der Waals surface area contributed by atoms with Crippen LogP contribution in [0, 0.1) is 6.92 Å². The summed E-state index contributed by atoms with van der Waals surface area (Å²) in [4.78, 5) is 12.3. The Morgan fingerprint density at radius 3 is 2.74 bits per heavy atom. The van der Waals surface area contributed by atoms with Crippen LogP contribution in [0.25, 0.3) is 0 Å². The number of aryl methyl sites for hydroxylation is 2. The van der Waals surface area contributed by atoms with Crippen LogP contribution in [0.1, 0.15) is 60.9 Å². The van der Waals surface area contributed by atoms with E-state index in [-0.39, 0.29) is 11.8 Å². The van der Waals surface area contributed by atoms with Crippen LogP contribution in [0.3, 0.4) is 0 Å². The van der Waals surface area contributed by atoms with E-state index < -0.39 is 0 Å². The average molecular weight is 334 g/mol. The molecule has 1 aliphatic carbocycles. The minimum atomic E-state index is -0.0740. The van der Waals surface area contributed by atoms with Gasteiger partial charge >= 0.3 is 0 Å².